The van der Waals surface area contributed by atoms with Gasteiger partial charge in [0.15, 0.2) is 26.1 Å². The summed E-state index contributed by atoms with van der Waals surface area (Å²) in [5.74, 6) is 3.36. The van der Waals surface area contributed by atoms with E-state index in [1.807, 2.05) is 18.2 Å². The smallest absolute Gasteiger partial charge is 0.248 e. The molecule has 0 aliphatic carbocycles. The van der Waals surface area contributed by atoms with Crippen molar-refractivity contribution in [3.63, 3.8) is 0 Å². The van der Waals surface area contributed by atoms with Gasteiger partial charge in [0.2, 0.25) is 12.7 Å². The van der Waals surface area contributed by atoms with E-state index in [9.17, 15) is 13.2 Å². The van der Waals surface area contributed by atoms with Gasteiger partial charge in [0.05, 0.1) is 28.3 Å². The highest BCUT2D eigenvalue weighted by Gasteiger charge is 2.18. The summed E-state index contributed by atoms with van der Waals surface area (Å²) in [7, 11) is -3.30. The van der Waals surface area contributed by atoms with Crippen LogP contribution in [0.2, 0.25) is 0 Å². The zero-order valence-corrected chi connectivity index (χ0v) is 18.2. The van der Waals surface area contributed by atoms with Crippen LogP contribution in [0.3, 0.4) is 0 Å². The third kappa shape index (κ3) is 4.98. The van der Waals surface area contributed by atoms with Crippen LogP contribution >= 0.6 is 11.3 Å². The second-order valence-corrected chi connectivity index (χ2v) is 10.2. The van der Waals surface area contributed by atoms with Crippen molar-refractivity contribution in [3.8, 4) is 23.8 Å². The lowest BCUT2D eigenvalue weighted by molar-refractivity contribution is -0.118. The van der Waals surface area contributed by atoms with Crippen molar-refractivity contribution in [1.82, 2.24) is 4.57 Å². The number of sulfone groups is 1. The number of fused-ring (bicyclic) bond motifs is 2. The number of carbonyl (C=O) groups excluding carboxylic acids is 1. The van der Waals surface area contributed by atoms with E-state index in [1.165, 1.54) is 11.3 Å². The summed E-state index contributed by atoms with van der Waals surface area (Å²) in [6, 6.07) is 12.7. The molecule has 0 saturated heterocycles. The molecule has 0 fully saturated rings. The van der Waals surface area contributed by atoms with Crippen molar-refractivity contribution < 1.29 is 22.7 Å². The molecule has 0 saturated carbocycles. The maximum Gasteiger partial charge on any atom is 0.248 e. The van der Waals surface area contributed by atoms with Crippen LogP contribution in [0.5, 0.6) is 11.5 Å². The third-order valence-corrected chi connectivity index (χ3v) is 7.45. The van der Waals surface area contributed by atoms with E-state index < -0.39 is 9.84 Å². The fraction of sp³-hybridized carbons (Fsp3) is 0.273. The Kier molecular flexibility index (Phi) is 6.11. The Morgan fingerprint density at radius 1 is 1.19 bits per heavy atom. The predicted molar refractivity (Wildman–Crippen MR) is 119 cm³/mol. The molecule has 2 heterocycles. The van der Waals surface area contributed by atoms with Crippen LogP contribution in [-0.4, -0.2) is 31.4 Å². The van der Waals surface area contributed by atoms with E-state index in [2.05, 4.69) is 10.9 Å². The first-order valence-corrected chi connectivity index (χ1v) is 12.3. The number of amides is 1. The van der Waals surface area contributed by atoms with Crippen molar-refractivity contribution in [2.24, 2.45) is 4.99 Å². The second-order valence-electron chi connectivity index (χ2n) is 7.03. The fourth-order valence-electron chi connectivity index (χ4n) is 3.30. The molecule has 1 aliphatic rings. The van der Waals surface area contributed by atoms with Gasteiger partial charge in [-0.3, -0.25) is 4.79 Å². The molecular weight excluding hydrogens is 436 g/mol. The molecule has 4 rings (SSSR count). The van der Waals surface area contributed by atoms with Gasteiger partial charge < -0.3 is 14.0 Å². The maximum absolute atomic E-state index is 12.4. The first-order valence-electron chi connectivity index (χ1n) is 9.63. The zero-order valence-electron chi connectivity index (χ0n) is 16.6. The van der Waals surface area contributed by atoms with E-state index in [1.54, 1.807) is 28.8 Å². The number of hydrogen-bond donors (Lipinski definition) is 0. The van der Waals surface area contributed by atoms with Crippen LogP contribution in [0.25, 0.3) is 10.2 Å². The molecule has 0 N–H and O–H groups in total. The number of hydrogen-bond acceptors (Lipinski definition) is 6. The molecule has 7 nitrogen and oxygen atoms in total. The van der Waals surface area contributed by atoms with Gasteiger partial charge in [-0.05, 0) is 12.0 Å². The van der Waals surface area contributed by atoms with Crippen LogP contribution in [0, 0.1) is 12.3 Å². The van der Waals surface area contributed by atoms with E-state index in [4.69, 9.17) is 15.9 Å². The zero-order chi connectivity index (χ0) is 21.8. The monoisotopic (exact) mass is 456 g/mol. The van der Waals surface area contributed by atoms with Crippen molar-refractivity contribution in [3.05, 3.63) is 52.8 Å². The Balaban J connectivity index is 1.47. The van der Waals surface area contributed by atoms with Crippen molar-refractivity contribution in [1.29, 1.82) is 0 Å². The summed E-state index contributed by atoms with van der Waals surface area (Å²) < 4.78 is 38.1. The summed E-state index contributed by atoms with van der Waals surface area (Å²) in [5, 5.41) is 0. The van der Waals surface area contributed by atoms with Crippen molar-refractivity contribution in [2.45, 2.75) is 25.1 Å². The Labute approximate surface area is 183 Å². The van der Waals surface area contributed by atoms with Gasteiger partial charge in [-0.1, -0.05) is 47.6 Å². The summed E-state index contributed by atoms with van der Waals surface area (Å²) in [4.78, 5) is 17.1. The molecule has 9 heteroatoms. The highest BCUT2D eigenvalue weighted by atomic mass is 32.2. The normalized spacial score (nSPS) is 13.5. The van der Waals surface area contributed by atoms with Gasteiger partial charge in [-0.25, -0.2) is 8.42 Å². The quantitative estimate of drug-likeness (QED) is 0.510. The van der Waals surface area contributed by atoms with Gasteiger partial charge >= 0.3 is 0 Å². The van der Waals surface area contributed by atoms with E-state index >= 15 is 0 Å². The van der Waals surface area contributed by atoms with Gasteiger partial charge in [-0.2, -0.15) is 4.99 Å². The molecule has 0 radical (unpaired) electrons. The molecule has 0 unspecified atom stereocenters. The minimum atomic E-state index is -3.30. The molecule has 1 aromatic heterocycles. The number of ether oxygens (including phenoxy) is 2. The van der Waals surface area contributed by atoms with Crippen LogP contribution in [-0.2, 0) is 26.9 Å². The number of carbonyl (C=O) groups is 1. The predicted octanol–water partition coefficient (Wildman–Crippen LogP) is 2.89. The number of rotatable bonds is 7. The van der Waals surface area contributed by atoms with Crippen molar-refractivity contribution >= 4 is 37.3 Å². The Bertz CT molecular complexity index is 1330. The van der Waals surface area contributed by atoms with E-state index in [0.29, 0.717) is 16.3 Å². The molecule has 1 amide bonds. The SMILES string of the molecule is C#CCn1c(=NC(=O)CCCS(=O)(=O)Cc2ccccc2)sc2cc3c(cc21)OCO3. The van der Waals surface area contributed by atoms with Gasteiger partial charge in [0.1, 0.15) is 0 Å². The number of nitrogens with zero attached hydrogens (tertiary/aromatic N) is 2. The largest absolute Gasteiger partial charge is 0.454 e. The van der Waals surface area contributed by atoms with Crippen LogP contribution in [0.4, 0.5) is 0 Å². The standard InChI is InChI=1S/C22H20N2O5S2/c1-2-10-24-17-12-18-19(29-15-28-18)13-20(17)30-22(24)23-21(25)9-6-11-31(26,27)14-16-7-4-3-5-8-16/h1,3-5,7-8,12-13H,6,9-11,14-15H2. The first kappa shape index (κ1) is 21.2. The lowest BCUT2D eigenvalue weighted by atomic mass is 10.2. The lowest BCUT2D eigenvalue weighted by Gasteiger charge is -2.03. The second kappa shape index (κ2) is 8.96. The molecule has 0 atom stereocenters. The molecule has 0 bridgehead atoms. The maximum atomic E-state index is 12.4. The topological polar surface area (TPSA) is 87.0 Å². The van der Waals surface area contributed by atoms with Gasteiger partial charge in [-0.15, -0.1) is 6.42 Å². The number of aromatic nitrogens is 1. The first-order chi connectivity index (χ1) is 14.9. The Morgan fingerprint density at radius 2 is 1.94 bits per heavy atom. The van der Waals surface area contributed by atoms with E-state index in [0.717, 1.165) is 15.8 Å². The lowest BCUT2D eigenvalue weighted by Crippen LogP contribution is -2.17. The van der Waals surface area contributed by atoms with Gasteiger partial charge in [0, 0.05) is 18.6 Å². The minimum Gasteiger partial charge on any atom is -0.454 e. The summed E-state index contributed by atoms with van der Waals surface area (Å²) >= 11 is 1.33. The summed E-state index contributed by atoms with van der Waals surface area (Å²) in [6.45, 7) is 0.419. The van der Waals surface area contributed by atoms with Crippen LogP contribution in [0.15, 0.2) is 47.5 Å². The summed E-state index contributed by atoms with van der Waals surface area (Å²) in [6.07, 6.45) is 5.76. The van der Waals surface area contributed by atoms with Crippen molar-refractivity contribution in [2.75, 3.05) is 12.5 Å². The average Bonchev–Trinajstić information content (AvgIpc) is 3.31. The number of terminal acetylenes is 1. The minimum absolute atomic E-state index is 0.0353. The molecule has 1 aliphatic heterocycles. The highest BCUT2D eigenvalue weighted by molar-refractivity contribution is 7.90. The molecule has 31 heavy (non-hydrogen) atoms. The van der Waals surface area contributed by atoms with E-state index in [-0.39, 0.29) is 43.6 Å². The van der Waals surface area contributed by atoms with Gasteiger partial charge in [0.25, 0.3) is 0 Å². The van der Waals surface area contributed by atoms with Crippen LogP contribution < -0.4 is 14.3 Å². The fourth-order valence-corrected chi connectivity index (χ4v) is 5.78. The summed E-state index contributed by atoms with van der Waals surface area (Å²) in [5.41, 5.74) is 1.54. The molecule has 3 aromatic rings. The molecule has 160 valence electrons. The Morgan fingerprint density at radius 3 is 2.68 bits per heavy atom. The number of thiazole rings is 1. The molecule has 0 spiro atoms. The Hall–Kier alpha value is -3.09. The third-order valence-electron chi connectivity index (χ3n) is 4.72. The molecular formula is C22H20N2O5S2. The molecule has 2 aromatic carbocycles. The number of benzene rings is 2. The average molecular weight is 457 g/mol. The highest BCUT2D eigenvalue weighted by Crippen LogP contribution is 2.36. The van der Waals surface area contributed by atoms with Crippen LogP contribution in [0.1, 0.15) is 18.4 Å².